The van der Waals surface area contributed by atoms with Gasteiger partial charge in [-0.2, -0.15) is 0 Å². The zero-order chi connectivity index (χ0) is 6.27. The van der Waals surface area contributed by atoms with Crippen molar-refractivity contribution in [3.8, 4) is 0 Å². The maximum Gasteiger partial charge on any atom is 0.0606 e. The zero-order valence-electron chi connectivity index (χ0n) is 5.97. The van der Waals surface area contributed by atoms with Crippen LogP contribution in [0.15, 0.2) is 0 Å². The van der Waals surface area contributed by atoms with Crippen molar-refractivity contribution < 1.29 is 4.74 Å². The second-order valence-electron chi connectivity index (χ2n) is 3.53. The molecule has 0 aromatic carbocycles. The molecule has 0 amide bonds. The van der Waals surface area contributed by atoms with Gasteiger partial charge in [-0.05, 0) is 31.1 Å². The van der Waals surface area contributed by atoms with Crippen molar-refractivity contribution >= 4 is 0 Å². The Balaban J connectivity index is 2.02. The van der Waals surface area contributed by atoms with Crippen LogP contribution in [0.25, 0.3) is 0 Å². The molecule has 1 aliphatic heterocycles. The van der Waals surface area contributed by atoms with Gasteiger partial charge in [-0.25, -0.2) is 0 Å². The van der Waals surface area contributed by atoms with Crippen LogP contribution in [0.1, 0.15) is 26.2 Å². The van der Waals surface area contributed by atoms with Gasteiger partial charge in [-0.3, -0.25) is 0 Å². The number of rotatable bonds is 0. The van der Waals surface area contributed by atoms with E-state index in [0.29, 0.717) is 6.10 Å². The quantitative estimate of drug-likeness (QED) is 0.481. The molecule has 1 saturated carbocycles. The van der Waals surface area contributed by atoms with Crippen molar-refractivity contribution in [3.63, 3.8) is 0 Å². The summed E-state index contributed by atoms with van der Waals surface area (Å²) in [6, 6.07) is 0. The molecule has 1 heteroatoms. The zero-order valence-corrected chi connectivity index (χ0v) is 5.97. The highest BCUT2D eigenvalue weighted by molar-refractivity contribution is 4.85. The molecule has 2 unspecified atom stereocenters. The first kappa shape index (κ1) is 5.72. The summed E-state index contributed by atoms with van der Waals surface area (Å²) in [5, 5.41) is 0. The second kappa shape index (κ2) is 1.98. The van der Waals surface area contributed by atoms with Gasteiger partial charge in [0.2, 0.25) is 0 Å². The minimum Gasteiger partial charge on any atom is -0.378 e. The lowest BCUT2D eigenvalue weighted by atomic mass is 10.0. The van der Waals surface area contributed by atoms with Crippen LogP contribution in [0.4, 0.5) is 0 Å². The highest BCUT2D eigenvalue weighted by Gasteiger charge is 2.36. The molecule has 3 atom stereocenters. The van der Waals surface area contributed by atoms with Gasteiger partial charge in [0.05, 0.1) is 6.10 Å². The molecule has 2 aliphatic rings. The number of ether oxygens (including phenoxy) is 1. The molecule has 2 fully saturated rings. The van der Waals surface area contributed by atoms with Crippen molar-refractivity contribution in [1.82, 2.24) is 0 Å². The third-order valence-corrected chi connectivity index (χ3v) is 2.69. The fourth-order valence-electron chi connectivity index (χ4n) is 2.23. The van der Waals surface area contributed by atoms with Crippen LogP contribution in [0, 0.1) is 11.8 Å². The van der Waals surface area contributed by atoms with Gasteiger partial charge in [0.1, 0.15) is 0 Å². The van der Waals surface area contributed by atoms with Gasteiger partial charge in [0.15, 0.2) is 0 Å². The van der Waals surface area contributed by atoms with Crippen LogP contribution in [-0.4, -0.2) is 12.7 Å². The predicted molar refractivity (Wildman–Crippen MR) is 36.2 cm³/mol. The Bertz CT molecular complexity index is 99.1. The van der Waals surface area contributed by atoms with E-state index >= 15 is 0 Å². The van der Waals surface area contributed by atoms with Crippen LogP contribution in [0.5, 0.6) is 0 Å². The summed E-state index contributed by atoms with van der Waals surface area (Å²) in [5.41, 5.74) is 0. The van der Waals surface area contributed by atoms with Gasteiger partial charge in [-0.15, -0.1) is 0 Å². The third-order valence-electron chi connectivity index (χ3n) is 2.69. The van der Waals surface area contributed by atoms with E-state index in [2.05, 4.69) is 6.92 Å². The topological polar surface area (TPSA) is 9.23 Å². The van der Waals surface area contributed by atoms with Crippen LogP contribution >= 0.6 is 0 Å². The molecule has 0 aromatic rings. The van der Waals surface area contributed by atoms with E-state index < -0.39 is 0 Å². The van der Waals surface area contributed by atoms with Gasteiger partial charge in [0.25, 0.3) is 0 Å². The maximum absolute atomic E-state index is 5.55. The van der Waals surface area contributed by atoms with E-state index in [9.17, 15) is 0 Å². The summed E-state index contributed by atoms with van der Waals surface area (Å²) in [6.45, 7) is 3.36. The van der Waals surface area contributed by atoms with Crippen LogP contribution in [0.2, 0.25) is 0 Å². The largest absolute Gasteiger partial charge is 0.378 e. The van der Waals surface area contributed by atoms with Crippen molar-refractivity contribution in [3.05, 3.63) is 0 Å². The van der Waals surface area contributed by atoms with E-state index in [-0.39, 0.29) is 0 Å². The Labute approximate surface area is 56.4 Å². The van der Waals surface area contributed by atoms with Gasteiger partial charge < -0.3 is 4.74 Å². The average molecular weight is 126 g/mol. The first-order valence-corrected chi connectivity index (χ1v) is 3.98. The standard InChI is InChI=1S/C8H14O/c1-6-4-7-2-3-9-8(7)5-6/h6-8H,2-5H2,1H3/t6-,7?,8?/m0/s1. The monoisotopic (exact) mass is 126 g/mol. The van der Waals surface area contributed by atoms with Crippen molar-refractivity contribution in [2.75, 3.05) is 6.61 Å². The summed E-state index contributed by atoms with van der Waals surface area (Å²) in [5.74, 6) is 1.86. The highest BCUT2D eigenvalue weighted by Crippen LogP contribution is 2.38. The molecule has 1 saturated heterocycles. The van der Waals surface area contributed by atoms with Crippen LogP contribution < -0.4 is 0 Å². The molecule has 1 heterocycles. The molecule has 0 spiro atoms. The molecule has 0 bridgehead atoms. The number of fused-ring (bicyclic) bond motifs is 1. The highest BCUT2D eigenvalue weighted by atomic mass is 16.5. The van der Waals surface area contributed by atoms with Gasteiger partial charge in [-0.1, -0.05) is 6.92 Å². The van der Waals surface area contributed by atoms with E-state index in [4.69, 9.17) is 4.74 Å². The predicted octanol–water partition coefficient (Wildman–Crippen LogP) is 1.82. The Kier molecular flexibility index (Phi) is 1.26. The first-order chi connectivity index (χ1) is 4.36. The lowest BCUT2D eigenvalue weighted by Crippen LogP contribution is -2.06. The normalized spacial score (nSPS) is 49.7. The molecule has 2 rings (SSSR count). The molecule has 0 N–H and O–H groups in total. The third kappa shape index (κ3) is 0.877. The lowest BCUT2D eigenvalue weighted by molar-refractivity contribution is 0.0992. The van der Waals surface area contributed by atoms with Crippen molar-refractivity contribution in [1.29, 1.82) is 0 Å². The fourth-order valence-corrected chi connectivity index (χ4v) is 2.23. The van der Waals surface area contributed by atoms with Crippen LogP contribution in [0.3, 0.4) is 0 Å². The molecular formula is C8H14O. The molecule has 0 radical (unpaired) electrons. The molecule has 1 aliphatic carbocycles. The summed E-state index contributed by atoms with van der Waals surface area (Å²) >= 11 is 0. The summed E-state index contributed by atoms with van der Waals surface area (Å²) in [4.78, 5) is 0. The van der Waals surface area contributed by atoms with Crippen LogP contribution in [-0.2, 0) is 4.74 Å². The number of hydrogen-bond donors (Lipinski definition) is 0. The molecular weight excluding hydrogens is 112 g/mol. The molecule has 0 aromatic heterocycles. The lowest BCUT2D eigenvalue weighted by Gasteiger charge is -2.04. The molecule has 52 valence electrons. The van der Waals surface area contributed by atoms with Gasteiger partial charge >= 0.3 is 0 Å². The minimum atomic E-state index is 0.653. The Morgan fingerprint density at radius 1 is 1.33 bits per heavy atom. The Morgan fingerprint density at radius 3 is 3.00 bits per heavy atom. The van der Waals surface area contributed by atoms with E-state index in [1.165, 1.54) is 19.3 Å². The van der Waals surface area contributed by atoms with Gasteiger partial charge in [0, 0.05) is 6.61 Å². The Hall–Kier alpha value is -0.0400. The summed E-state index contributed by atoms with van der Waals surface area (Å²) in [7, 11) is 0. The SMILES string of the molecule is C[C@H]1CC2CCOC2C1. The van der Waals surface area contributed by atoms with E-state index in [0.717, 1.165) is 18.4 Å². The van der Waals surface area contributed by atoms with E-state index in [1.807, 2.05) is 0 Å². The first-order valence-electron chi connectivity index (χ1n) is 3.98. The smallest absolute Gasteiger partial charge is 0.0606 e. The Morgan fingerprint density at radius 2 is 2.22 bits per heavy atom. The fraction of sp³-hybridized carbons (Fsp3) is 1.00. The van der Waals surface area contributed by atoms with Crippen molar-refractivity contribution in [2.24, 2.45) is 11.8 Å². The van der Waals surface area contributed by atoms with E-state index in [1.54, 1.807) is 0 Å². The molecule has 1 nitrogen and oxygen atoms in total. The number of hydrogen-bond acceptors (Lipinski definition) is 1. The average Bonchev–Trinajstić information content (AvgIpc) is 2.22. The minimum absolute atomic E-state index is 0.653. The summed E-state index contributed by atoms with van der Waals surface area (Å²) < 4.78 is 5.55. The summed E-state index contributed by atoms with van der Waals surface area (Å²) in [6.07, 6.45) is 4.73. The molecule has 9 heavy (non-hydrogen) atoms. The van der Waals surface area contributed by atoms with Crippen molar-refractivity contribution in [2.45, 2.75) is 32.3 Å². The maximum atomic E-state index is 5.55. The second-order valence-corrected chi connectivity index (χ2v) is 3.53.